The highest BCUT2D eigenvalue weighted by Crippen LogP contribution is 2.24. The Bertz CT molecular complexity index is 394. The van der Waals surface area contributed by atoms with Gasteiger partial charge in [-0.2, -0.15) is 8.78 Å². The predicted octanol–water partition coefficient (Wildman–Crippen LogP) is 3.24. The molecule has 2 nitrogen and oxygen atoms in total. The molecule has 1 atom stereocenters. The van der Waals surface area contributed by atoms with Gasteiger partial charge in [-0.1, -0.05) is 0 Å². The summed E-state index contributed by atoms with van der Waals surface area (Å²) in [6.07, 6.45) is 0. The highest BCUT2D eigenvalue weighted by Gasteiger charge is 2.19. The smallest absolute Gasteiger partial charge is 0.387 e. The van der Waals surface area contributed by atoms with Crippen molar-refractivity contribution in [1.82, 2.24) is 0 Å². The van der Waals surface area contributed by atoms with Crippen LogP contribution in [0.4, 0.5) is 13.2 Å². The molecule has 0 N–H and O–H groups in total. The minimum Gasteiger partial charge on any atom is -0.434 e. The van der Waals surface area contributed by atoms with Crippen molar-refractivity contribution in [2.45, 2.75) is 18.9 Å². The van der Waals surface area contributed by atoms with Crippen LogP contribution in [0.1, 0.15) is 17.3 Å². The molecule has 1 aromatic carbocycles. The van der Waals surface area contributed by atoms with E-state index in [1.54, 1.807) is 0 Å². The maximum absolute atomic E-state index is 12.8. The van der Waals surface area contributed by atoms with E-state index in [0.717, 1.165) is 18.2 Å². The fraction of sp³-hybridized carbons (Fsp3) is 0.300. The van der Waals surface area contributed by atoms with Gasteiger partial charge in [-0.25, -0.2) is 4.39 Å². The number of hydrogen-bond donors (Lipinski definition) is 0. The van der Waals surface area contributed by atoms with Crippen molar-refractivity contribution in [3.8, 4) is 5.75 Å². The van der Waals surface area contributed by atoms with Gasteiger partial charge < -0.3 is 4.74 Å². The van der Waals surface area contributed by atoms with Crippen molar-refractivity contribution < 1.29 is 22.7 Å². The molecule has 16 heavy (non-hydrogen) atoms. The SMILES string of the molecule is CC(Cl)C(=O)c1ccc(F)cc1OC(F)F. The molecule has 0 saturated carbocycles. The number of rotatable bonds is 4. The number of ether oxygens (including phenoxy) is 1. The van der Waals surface area contributed by atoms with Gasteiger partial charge in [0.2, 0.25) is 0 Å². The zero-order chi connectivity index (χ0) is 12.3. The highest BCUT2D eigenvalue weighted by atomic mass is 35.5. The van der Waals surface area contributed by atoms with Gasteiger partial charge in [0.25, 0.3) is 0 Å². The molecular weight excluding hydrogens is 245 g/mol. The van der Waals surface area contributed by atoms with Crippen molar-refractivity contribution in [2.75, 3.05) is 0 Å². The van der Waals surface area contributed by atoms with Crippen LogP contribution in [-0.4, -0.2) is 17.8 Å². The van der Waals surface area contributed by atoms with Gasteiger partial charge in [-0.15, -0.1) is 11.6 Å². The van der Waals surface area contributed by atoms with Crippen molar-refractivity contribution in [3.63, 3.8) is 0 Å². The van der Waals surface area contributed by atoms with E-state index in [1.807, 2.05) is 0 Å². The van der Waals surface area contributed by atoms with Crippen molar-refractivity contribution in [3.05, 3.63) is 29.6 Å². The minimum absolute atomic E-state index is 0.163. The molecule has 0 radical (unpaired) electrons. The Balaban J connectivity index is 3.12. The third-order valence-corrected chi connectivity index (χ3v) is 1.98. The summed E-state index contributed by atoms with van der Waals surface area (Å²) in [5, 5.41) is -0.898. The lowest BCUT2D eigenvalue weighted by Gasteiger charge is -2.10. The van der Waals surface area contributed by atoms with Gasteiger partial charge in [-0.05, 0) is 19.1 Å². The molecular formula is C10H8ClF3O2. The predicted molar refractivity (Wildman–Crippen MR) is 52.7 cm³/mol. The van der Waals surface area contributed by atoms with Crippen LogP contribution < -0.4 is 4.74 Å². The summed E-state index contributed by atoms with van der Waals surface area (Å²) >= 11 is 5.52. The summed E-state index contributed by atoms with van der Waals surface area (Å²) in [7, 11) is 0. The summed E-state index contributed by atoms with van der Waals surface area (Å²) in [4.78, 5) is 11.5. The second kappa shape index (κ2) is 5.21. The van der Waals surface area contributed by atoms with Gasteiger partial charge in [0.05, 0.1) is 10.9 Å². The van der Waals surface area contributed by atoms with E-state index in [-0.39, 0.29) is 5.56 Å². The lowest BCUT2D eigenvalue weighted by molar-refractivity contribution is -0.0503. The molecule has 0 aliphatic carbocycles. The van der Waals surface area contributed by atoms with Crippen LogP contribution >= 0.6 is 11.6 Å². The number of carbonyl (C=O) groups is 1. The van der Waals surface area contributed by atoms with Crippen LogP contribution in [-0.2, 0) is 0 Å². The molecule has 0 aromatic heterocycles. The summed E-state index contributed by atoms with van der Waals surface area (Å²) < 4.78 is 40.9. The molecule has 1 rings (SSSR count). The molecule has 0 bridgehead atoms. The van der Waals surface area contributed by atoms with Crippen LogP contribution in [0.5, 0.6) is 5.75 Å². The van der Waals surface area contributed by atoms with Crippen molar-refractivity contribution in [2.24, 2.45) is 0 Å². The zero-order valence-corrected chi connectivity index (χ0v) is 8.97. The van der Waals surface area contributed by atoms with Crippen LogP contribution in [0.15, 0.2) is 18.2 Å². The Morgan fingerprint density at radius 3 is 2.56 bits per heavy atom. The van der Waals surface area contributed by atoms with E-state index in [1.165, 1.54) is 6.92 Å². The van der Waals surface area contributed by atoms with Crippen molar-refractivity contribution in [1.29, 1.82) is 0 Å². The van der Waals surface area contributed by atoms with E-state index >= 15 is 0 Å². The molecule has 0 aliphatic heterocycles. The van der Waals surface area contributed by atoms with Crippen LogP contribution in [0, 0.1) is 5.82 Å². The maximum atomic E-state index is 12.8. The normalized spacial score (nSPS) is 12.6. The van der Waals surface area contributed by atoms with Gasteiger partial charge in [0, 0.05) is 6.07 Å². The quantitative estimate of drug-likeness (QED) is 0.607. The Hall–Kier alpha value is -1.23. The summed E-state index contributed by atoms with van der Waals surface area (Å²) in [5.74, 6) is -1.88. The number of alkyl halides is 3. The standard InChI is InChI=1S/C10H8ClF3O2/c1-5(11)9(15)7-3-2-6(12)4-8(7)16-10(13)14/h2-5,10H,1H3. The molecule has 88 valence electrons. The first kappa shape index (κ1) is 12.8. The number of hydrogen-bond acceptors (Lipinski definition) is 2. The summed E-state index contributed by atoms with van der Waals surface area (Å²) in [5.41, 5.74) is -0.163. The Morgan fingerprint density at radius 1 is 1.44 bits per heavy atom. The molecule has 0 fully saturated rings. The minimum atomic E-state index is -3.13. The van der Waals surface area contributed by atoms with Crippen molar-refractivity contribution >= 4 is 17.4 Å². The first-order valence-corrected chi connectivity index (χ1v) is 4.78. The number of carbonyl (C=O) groups excluding carboxylic acids is 1. The monoisotopic (exact) mass is 252 g/mol. The molecule has 0 saturated heterocycles. The third kappa shape index (κ3) is 3.13. The number of halogens is 4. The Labute approximate surface area is 95.0 Å². The van der Waals surface area contributed by atoms with E-state index in [4.69, 9.17) is 11.6 Å². The summed E-state index contributed by atoms with van der Waals surface area (Å²) in [6, 6.07) is 2.76. The third-order valence-electron chi connectivity index (χ3n) is 1.79. The summed E-state index contributed by atoms with van der Waals surface area (Å²) in [6.45, 7) is -1.74. The first-order chi connectivity index (χ1) is 7.41. The van der Waals surface area contributed by atoms with Gasteiger partial charge in [-0.3, -0.25) is 4.79 Å². The van der Waals surface area contributed by atoms with E-state index in [9.17, 15) is 18.0 Å². The zero-order valence-electron chi connectivity index (χ0n) is 8.22. The van der Waals surface area contributed by atoms with Crippen LogP contribution in [0.3, 0.4) is 0 Å². The maximum Gasteiger partial charge on any atom is 0.387 e. The largest absolute Gasteiger partial charge is 0.434 e. The van der Waals surface area contributed by atoms with E-state index in [2.05, 4.69) is 4.74 Å². The molecule has 6 heteroatoms. The fourth-order valence-electron chi connectivity index (χ4n) is 1.11. The van der Waals surface area contributed by atoms with Crippen LogP contribution in [0.2, 0.25) is 0 Å². The van der Waals surface area contributed by atoms with Crippen LogP contribution in [0.25, 0.3) is 0 Å². The average Bonchev–Trinajstić information content (AvgIpc) is 2.15. The van der Waals surface area contributed by atoms with Gasteiger partial charge in [0.15, 0.2) is 5.78 Å². The Morgan fingerprint density at radius 2 is 2.06 bits per heavy atom. The number of ketones is 1. The highest BCUT2D eigenvalue weighted by molar-refractivity contribution is 6.33. The second-order valence-corrected chi connectivity index (χ2v) is 3.65. The van der Waals surface area contributed by atoms with E-state index in [0.29, 0.717) is 0 Å². The van der Waals surface area contributed by atoms with E-state index < -0.39 is 29.3 Å². The fourth-order valence-corrected chi connectivity index (χ4v) is 1.23. The average molecular weight is 253 g/mol. The lowest BCUT2D eigenvalue weighted by Crippen LogP contribution is -2.14. The molecule has 0 amide bonds. The molecule has 0 aliphatic rings. The topological polar surface area (TPSA) is 26.3 Å². The molecule has 0 spiro atoms. The molecule has 0 heterocycles. The number of Topliss-reactive ketones (excluding diaryl/α,β-unsaturated/α-hetero) is 1. The van der Waals surface area contributed by atoms with Gasteiger partial charge in [0.1, 0.15) is 11.6 Å². The molecule has 1 aromatic rings. The lowest BCUT2D eigenvalue weighted by atomic mass is 10.1. The molecule has 1 unspecified atom stereocenters. The Kier molecular flexibility index (Phi) is 4.18. The van der Waals surface area contributed by atoms with Gasteiger partial charge >= 0.3 is 6.61 Å². The first-order valence-electron chi connectivity index (χ1n) is 4.34. The number of benzene rings is 1. The second-order valence-electron chi connectivity index (χ2n) is 3.00.